The Morgan fingerprint density at radius 1 is 1.07 bits per heavy atom. The summed E-state index contributed by atoms with van der Waals surface area (Å²) >= 11 is 1.54. The maximum absolute atomic E-state index is 12.7. The summed E-state index contributed by atoms with van der Waals surface area (Å²) in [7, 11) is 0. The predicted octanol–water partition coefficient (Wildman–Crippen LogP) is -1.84. The summed E-state index contributed by atoms with van der Waals surface area (Å²) in [6.07, 6.45) is 2.34. The van der Waals surface area contributed by atoms with Crippen LogP contribution in [0.15, 0.2) is 0 Å². The highest BCUT2D eigenvalue weighted by Crippen LogP contribution is 2.10. The average molecular weight is 434 g/mol. The first-order valence-corrected chi connectivity index (χ1v) is 10.6. The summed E-state index contributed by atoms with van der Waals surface area (Å²) in [5.74, 6) is -3.81. The Morgan fingerprint density at radius 3 is 2.17 bits per heavy atom. The molecule has 4 amide bonds. The van der Waals surface area contributed by atoms with Gasteiger partial charge in [0.15, 0.2) is 0 Å². The number of rotatable bonds is 14. The van der Waals surface area contributed by atoms with Gasteiger partial charge in [0.25, 0.3) is 0 Å². The van der Waals surface area contributed by atoms with E-state index in [-0.39, 0.29) is 5.92 Å². The monoisotopic (exact) mass is 433 g/mol. The van der Waals surface area contributed by atoms with E-state index in [0.29, 0.717) is 18.6 Å². The first-order valence-electron chi connectivity index (χ1n) is 9.16. The van der Waals surface area contributed by atoms with Gasteiger partial charge in [-0.1, -0.05) is 20.3 Å². The van der Waals surface area contributed by atoms with E-state index in [2.05, 4.69) is 16.0 Å². The number of carbonyl (C=O) groups is 5. The van der Waals surface area contributed by atoms with Crippen molar-refractivity contribution in [1.82, 2.24) is 16.0 Å². The molecule has 166 valence electrons. The maximum atomic E-state index is 12.7. The second-order valence-electron chi connectivity index (χ2n) is 6.60. The lowest BCUT2D eigenvalue weighted by molar-refractivity contribution is -0.139. The summed E-state index contributed by atoms with van der Waals surface area (Å²) in [6, 6.07) is -3.15. The van der Waals surface area contributed by atoms with Crippen molar-refractivity contribution in [3.63, 3.8) is 0 Å². The highest BCUT2D eigenvalue weighted by atomic mass is 32.2. The van der Waals surface area contributed by atoms with E-state index >= 15 is 0 Å². The number of nitrogens with one attached hydrogen (secondary N) is 3. The first-order chi connectivity index (χ1) is 13.5. The van der Waals surface area contributed by atoms with Gasteiger partial charge in [0, 0.05) is 0 Å². The minimum absolute atomic E-state index is 0.289. The molecule has 0 aromatic heterocycles. The molecule has 0 aliphatic carbocycles. The van der Waals surface area contributed by atoms with E-state index in [1.807, 2.05) is 13.2 Å². The third-order valence-corrected chi connectivity index (χ3v) is 4.86. The van der Waals surface area contributed by atoms with Crippen molar-refractivity contribution in [1.29, 1.82) is 0 Å². The molecule has 4 atom stereocenters. The summed E-state index contributed by atoms with van der Waals surface area (Å²) in [5.41, 5.74) is 11.0. The smallest absolute Gasteiger partial charge is 0.322 e. The first kappa shape index (κ1) is 26.7. The van der Waals surface area contributed by atoms with Crippen LogP contribution in [0.3, 0.4) is 0 Å². The molecular weight excluding hydrogens is 402 g/mol. The number of nitrogens with two attached hydrogens (primary N) is 2. The molecule has 0 rings (SSSR count). The van der Waals surface area contributed by atoms with Crippen LogP contribution < -0.4 is 27.4 Å². The molecule has 11 nitrogen and oxygen atoms in total. The third-order valence-electron chi connectivity index (χ3n) is 4.22. The molecule has 0 aromatic carbocycles. The number of thioether (sulfide) groups is 1. The average Bonchev–Trinajstić information content (AvgIpc) is 2.66. The number of hydrogen-bond acceptors (Lipinski definition) is 7. The number of aliphatic carboxylic acids is 1. The standard InChI is InChI=1S/C17H31N5O6S/c1-4-9(2)14(22-15(26)10(18)5-6-29-3)17(28)21-11(7-12(19)23)16(27)20-8-13(24)25/h9-11,14H,4-8,18H2,1-3H3,(H2,19,23)(H,20,27)(H,21,28)(H,22,26)(H,24,25). The molecule has 0 aliphatic rings. The van der Waals surface area contributed by atoms with Gasteiger partial charge in [-0.3, -0.25) is 24.0 Å². The zero-order valence-electron chi connectivity index (χ0n) is 16.9. The molecule has 0 bridgehead atoms. The number of carboxylic acids is 1. The predicted molar refractivity (Wildman–Crippen MR) is 109 cm³/mol. The van der Waals surface area contributed by atoms with Gasteiger partial charge in [0.05, 0.1) is 12.5 Å². The molecule has 0 saturated carbocycles. The molecule has 0 heterocycles. The van der Waals surface area contributed by atoms with E-state index < -0.39 is 60.7 Å². The van der Waals surface area contributed by atoms with Crippen LogP contribution in [-0.2, 0) is 24.0 Å². The fourth-order valence-electron chi connectivity index (χ4n) is 2.30. The van der Waals surface area contributed by atoms with Crippen molar-refractivity contribution in [2.45, 2.75) is 51.2 Å². The van der Waals surface area contributed by atoms with Gasteiger partial charge in [-0.15, -0.1) is 0 Å². The van der Waals surface area contributed by atoms with Crippen molar-refractivity contribution in [2.75, 3.05) is 18.6 Å². The van der Waals surface area contributed by atoms with Crippen LogP contribution in [0.25, 0.3) is 0 Å². The van der Waals surface area contributed by atoms with Crippen LogP contribution >= 0.6 is 11.8 Å². The molecule has 0 fully saturated rings. The largest absolute Gasteiger partial charge is 0.480 e. The van der Waals surface area contributed by atoms with Gasteiger partial charge in [0.1, 0.15) is 18.6 Å². The van der Waals surface area contributed by atoms with E-state index in [4.69, 9.17) is 16.6 Å². The van der Waals surface area contributed by atoms with Crippen molar-refractivity contribution < 1.29 is 29.1 Å². The van der Waals surface area contributed by atoms with Crippen LogP contribution in [0, 0.1) is 5.92 Å². The third kappa shape index (κ3) is 10.7. The van der Waals surface area contributed by atoms with Crippen molar-refractivity contribution in [3.05, 3.63) is 0 Å². The van der Waals surface area contributed by atoms with E-state index in [1.165, 1.54) is 11.8 Å². The number of carbonyl (C=O) groups excluding carboxylic acids is 4. The Bertz CT molecular complexity index is 603. The minimum Gasteiger partial charge on any atom is -0.480 e. The second kappa shape index (κ2) is 13.8. The Kier molecular flexibility index (Phi) is 12.7. The highest BCUT2D eigenvalue weighted by Gasteiger charge is 2.31. The Hall–Kier alpha value is -2.34. The number of primary amides is 1. The lowest BCUT2D eigenvalue weighted by Crippen LogP contribution is -2.58. The van der Waals surface area contributed by atoms with Crippen molar-refractivity contribution in [3.8, 4) is 0 Å². The number of amides is 4. The zero-order valence-corrected chi connectivity index (χ0v) is 17.7. The normalized spacial score (nSPS) is 14.8. The number of hydrogen-bond donors (Lipinski definition) is 6. The van der Waals surface area contributed by atoms with Gasteiger partial charge in [-0.05, 0) is 24.3 Å². The molecule has 0 aliphatic heterocycles. The zero-order chi connectivity index (χ0) is 22.6. The Morgan fingerprint density at radius 2 is 1.69 bits per heavy atom. The van der Waals surface area contributed by atoms with Crippen LogP contribution in [-0.4, -0.2) is 71.4 Å². The fraction of sp³-hybridized carbons (Fsp3) is 0.706. The fourth-order valence-corrected chi connectivity index (χ4v) is 2.79. The number of carboxylic acid groups (broad SMARTS) is 1. The topological polar surface area (TPSA) is 194 Å². The summed E-state index contributed by atoms with van der Waals surface area (Å²) in [5, 5.41) is 15.7. The summed E-state index contributed by atoms with van der Waals surface area (Å²) < 4.78 is 0. The SMILES string of the molecule is CCC(C)C(NC(=O)C(N)CCSC)C(=O)NC(CC(N)=O)C(=O)NCC(=O)O. The van der Waals surface area contributed by atoms with Crippen LogP contribution in [0.2, 0.25) is 0 Å². The molecule has 4 unspecified atom stereocenters. The van der Waals surface area contributed by atoms with E-state index in [0.717, 1.165) is 0 Å². The van der Waals surface area contributed by atoms with E-state index in [9.17, 15) is 24.0 Å². The van der Waals surface area contributed by atoms with E-state index in [1.54, 1.807) is 6.92 Å². The maximum Gasteiger partial charge on any atom is 0.322 e. The lowest BCUT2D eigenvalue weighted by Gasteiger charge is -2.27. The summed E-state index contributed by atoms with van der Waals surface area (Å²) in [4.78, 5) is 59.0. The van der Waals surface area contributed by atoms with Gasteiger partial charge in [0.2, 0.25) is 23.6 Å². The van der Waals surface area contributed by atoms with Gasteiger partial charge >= 0.3 is 5.97 Å². The van der Waals surface area contributed by atoms with Gasteiger partial charge < -0.3 is 32.5 Å². The molecule has 0 spiro atoms. The molecule has 0 saturated heterocycles. The van der Waals surface area contributed by atoms with Crippen LogP contribution in [0.4, 0.5) is 0 Å². The second-order valence-corrected chi connectivity index (χ2v) is 7.59. The molecule has 0 aromatic rings. The summed E-state index contributed by atoms with van der Waals surface area (Å²) in [6.45, 7) is 2.89. The molecule has 0 radical (unpaired) electrons. The van der Waals surface area contributed by atoms with Gasteiger partial charge in [-0.25, -0.2) is 0 Å². The molecule has 8 N–H and O–H groups in total. The highest BCUT2D eigenvalue weighted by molar-refractivity contribution is 7.98. The van der Waals surface area contributed by atoms with Crippen LogP contribution in [0.1, 0.15) is 33.1 Å². The molecule has 12 heteroatoms. The van der Waals surface area contributed by atoms with Crippen molar-refractivity contribution in [2.24, 2.45) is 17.4 Å². The Labute approximate surface area is 174 Å². The van der Waals surface area contributed by atoms with Crippen LogP contribution in [0.5, 0.6) is 0 Å². The van der Waals surface area contributed by atoms with Crippen molar-refractivity contribution >= 4 is 41.4 Å². The minimum atomic E-state index is -1.37. The molecular formula is C17H31N5O6S. The molecule has 29 heavy (non-hydrogen) atoms. The lowest BCUT2D eigenvalue weighted by atomic mass is 9.97. The quantitative estimate of drug-likeness (QED) is 0.184. The van der Waals surface area contributed by atoms with Gasteiger partial charge in [-0.2, -0.15) is 11.8 Å². The Balaban J connectivity index is 5.27.